The number of halogens is 1. The number of rotatable bonds is 6. The van der Waals surface area contributed by atoms with Gasteiger partial charge in [-0.3, -0.25) is 4.79 Å². The Kier molecular flexibility index (Phi) is 5.67. The first-order valence-corrected chi connectivity index (χ1v) is 7.17. The van der Waals surface area contributed by atoms with E-state index in [0.717, 1.165) is 5.56 Å². The maximum Gasteiger partial charge on any atom is 0.237 e. The Morgan fingerprint density at radius 2 is 2.19 bits per heavy atom. The van der Waals surface area contributed by atoms with Crippen LogP contribution in [0.1, 0.15) is 12.0 Å². The minimum absolute atomic E-state index is 0.0678. The van der Waals surface area contributed by atoms with Crippen LogP contribution in [0.5, 0.6) is 0 Å². The van der Waals surface area contributed by atoms with Gasteiger partial charge in [-0.25, -0.2) is 4.39 Å². The summed E-state index contributed by atoms with van der Waals surface area (Å²) in [4.78, 5) is 13.9. The van der Waals surface area contributed by atoms with E-state index < -0.39 is 6.10 Å². The van der Waals surface area contributed by atoms with E-state index in [1.165, 1.54) is 12.1 Å². The van der Waals surface area contributed by atoms with Crippen molar-refractivity contribution in [3.63, 3.8) is 0 Å². The monoisotopic (exact) mass is 295 g/mol. The van der Waals surface area contributed by atoms with E-state index in [1.807, 2.05) is 7.05 Å². The number of β-amino-alcohol motifs (C(OH)–C–C–N with tert-alkyl or cyclic N) is 1. The second kappa shape index (κ2) is 7.49. The molecule has 1 aromatic carbocycles. The van der Waals surface area contributed by atoms with Crippen LogP contribution in [0.15, 0.2) is 24.3 Å². The molecule has 1 saturated heterocycles. The zero-order valence-electron chi connectivity index (χ0n) is 12.2. The van der Waals surface area contributed by atoms with Crippen LogP contribution in [0.3, 0.4) is 0 Å². The maximum absolute atomic E-state index is 12.8. The van der Waals surface area contributed by atoms with Crippen molar-refractivity contribution in [1.29, 1.82) is 0 Å². The summed E-state index contributed by atoms with van der Waals surface area (Å²) in [6.07, 6.45) is 0.0407. The third-order valence-corrected chi connectivity index (χ3v) is 3.58. The number of nitrogens with zero attached hydrogens (tertiary/aromatic N) is 1. The molecular formula is C15H22FN3O2. The summed E-state index contributed by atoms with van der Waals surface area (Å²) < 4.78 is 12.8. The number of hydrogen-bond acceptors (Lipinski definition) is 4. The quantitative estimate of drug-likeness (QED) is 0.696. The normalized spacial score (nSPS) is 21.7. The minimum atomic E-state index is -0.429. The fraction of sp³-hybridized carbons (Fsp3) is 0.533. The third-order valence-electron chi connectivity index (χ3n) is 3.58. The molecule has 0 radical (unpaired) electrons. The molecule has 2 unspecified atom stereocenters. The second-order valence-electron chi connectivity index (χ2n) is 5.51. The summed E-state index contributed by atoms with van der Waals surface area (Å²) in [7, 11) is 1.95. The first-order chi connectivity index (χ1) is 10.0. The van der Waals surface area contributed by atoms with Gasteiger partial charge in [0, 0.05) is 26.2 Å². The van der Waals surface area contributed by atoms with Gasteiger partial charge in [0.2, 0.25) is 5.91 Å². The SMILES string of the molecule is CN(CCNC(=O)C1CC(O)CN1)Cc1ccc(F)cc1. The molecule has 0 aromatic heterocycles. The number of aliphatic hydroxyl groups excluding tert-OH is 1. The topological polar surface area (TPSA) is 64.6 Å². The number of carbonyl (C=O) groups excluding carboxylic acids is 1. The number of aliphatic hydroxyl groups is 1. The highest BCUT2D eigenvalue weighted by Gasteiger charge is 2.27. The molecule has 0 spiro atoms. The molecular weight excluding hydrogens is 273 g/mol. The summed E-state index contributed by atoms with van der Waals surface area (Å²) in [5, 5.41) is 15.2. The molecule has 0 saturated carbocycles. The van der Waals surface area contributed by atoms with Crippen LogP contribution in [-0.4, -0.2) is 54.7 Å². The van der Waals surface area contributed by atoms with Gasteiger partial charge in [0.05, 0.1) is 12.1 Å². The average Bonchev–Trinajstić information content (AvgIpc) is 2.88. The summed E-state index contributed by atoms with van der Waals surface area (Å²) >= 11 is 0. The van der Waals surface area contributed by atoms with Crippen molar-refractivity contribution in [3.8, 4) is 0 Å². The molecule has 2 atom stereocenters. The van der Waals surface area contributed by atoms with E-state index in [9.17, 15) is 14.3 Å². The predicted octanol–water partition coefficient (Wildman–Crippen LogP) is 0.0965. The Morgan fingerprint density at radius 1 is 1.48 bits per heavy atom. The van der Waals surface area contributed by atoms with Gasteiger partial charge in [0.15, 0.2) is 0 Å². The van der Waals surface area contributed by atoms with E-state index in [4.69, 9.17) is 0 Å². The highest BCUT2D eigenvalue weighted by Crippen LogP contribution is 2.06. The summed E-state index contributed by atoms with van der Waals surface area (Å²) in [6, 6.07) is 6.12. The molecule has 116 valence electrons. The van der Waals surface area contributed by atoms with Crippen molar-refractivity contribution in [2.75, 3.05) is 26.7 Å². The van der Waals surface area contributed by atoms with Gasteiger partial charge in [-0.15, -0.1) is 0 Å². The zero-order chi connectivity index (χ0) is 15.2. The number of amides is 1. The van der Waals surface area contributed by atoms with Crippen LogP contribution in [0.2, 0.25) is 0 Å². The molecule has 2 rings (SSSR count). The minimum Gasteiger partial charge on any atom is -0.392 e. The van der Waals surface area contributed by atoms with Gasteiger partial charge < -0.3 is 20.6 Å². The van der Waals surface area contributed by atoms with E-state index in [2.05, 4.69) is 15.5 Å². The lowest BCUT2D eigenvalue weighted by Crippen LogP contribution is -2.42. The molecule has 6 heteroatoms. The van der Waals surface area contributed by atoms with Crippen LogP contribution in [0.25, 0.3) is 0 Å². The van der Waals surface area contributed by atoms with Crippen molar-refractivity contribution in [2.45, 2.75) is 25.1 Å². The molecule has 5 nitrogen and oxygen atoms in total. The molecule has 0 bridgehead atoms. The molecule has 1 heterocycles. The Labute approximate surface area is 124 Å². The molecule has 1 fully saturated rings. The lowest BCUT2D eigenvalue weighted by Gasteiger charge is -2.18. The van der Waals surface area contributed by atoms with E-state index >= 15 is 0 Å². The Bertz CT molecular complexity index is 466. The van der Waals surface area contributed by atoms with Crippen LogP contribution in [0, 0.1) is 5.82 Å². The first kappa shape index (κ1) is 15.9. The first-order valence-electron chi connectivity index (χ1n) is 7.17. The number of likely N-dealkylation sites (N-methyl/N-ethyl adjacent to an activating group) is 1. The van der Waals surface area contributed by atoms with Crippen LogP contribution >= 0.6 is 0 Å². The molecule has 1 aliphatic rings. The van der Waals surface area contributed by atoms with E-state index in [-0.39, 0.29) is 17.8 Å². The van der Waals surface area contributed by atoms with Crippen LogP contribution < -0.4 is 10.6 Å². The van der Waals surface area contributed by atoms with E-state index in [0.29, 0.717) is 32.6 Å². The average molecular weight is 295 g/mol. The maximum atomic E-state index is 12.8. The predicted molar refractivity (Wildman–Crippen MR) is 78.2 cm³/mol. The van der Waals surface area contributed by atoms with Gasteiger partial charge in [0.25, 0.3) is 0 Å². The van der Waals surface area contributed by atoms with E-state index in [1.54, 1.807) is 12.1 Å². The second-order valence-corrected chi connectivity index (χ2v) is 5.51. The number of benzene rings is 1. The highest BCUT2D eigenvalue weighted by molar-refractivity contribution is 5.82. The van der Waals surface area contributed by atoms with Gasteiger partial charge in [-0.05, 0) is 31.2 Å². The zero-order valence-corrected chi connectivity index (χ0v) is 12.2. The van der Waals surface area contributed by atoms with Crippen LogP contribution in [-0.2, 0) is 11.3 Å². The van der Waals surface area contributed by atoms with Crippen LogP contribution in [0.4, 0.5) is 4.39 Å². The lowest BCUT2D eigenvalue weighted by molar-refractivity contribution is -0.122. The third kappa shape index (κ3) is 5.08. The Balaban J connectivity index is 1.66. The smallest absolute Gasteiger partial charge is 0.237 e. The number of carbonyl (C=O) groups is 1. The number of hydrogen-bond donors (Lipinski definition) is 3. The number of nitrogens with one attached hydrogen (secondary N) is 2. The van der Waals surface area contributed by atoms with Gasteiger partial charge in [0.1, 0.15) is 5.82 Å². The lowest BCUT2D eigenvalue weighted by atomic mass is 10.2. The Morgan fingerprint density at radius 3 is 2.81 bits per heavy atom. The summed E-state index contributed by atoms with van der Waals surface area (Å²) in [5.74, 6) is -0.304. The molecule has 3 N–H and O–H groups in total. The van der Waals surface area contributed by atoms with Gasteiger partial charge >= 0.3 is 0 Å². The molecule has 21 heavy (non-hydrogen) atoms. The van der Waals surface area contributed by atoms with Gasteiger partial charge in [-0.1, -0.05) is 12.1 Å². The van der Waals surface area contributed by atoms with Crippen molar-refractivity contribution in [2.24, 2.45) is 0 Å². The molecule has 1 aliphatic heterocycles. The fourth-order valence-electron chi connectivity index (χ4n) is 2.39. The highest BCUT2D eigenvalue weighted by atomic mass is 19.1. The van der Waals surface area contributed by atoms with Crippen molar-refractivity contribution in [3.05, 3.63) is 35.6 Å². The molecule has 0 aliphatic carbocycles. The van der Waals surface area contributed by atoms with Crippen molar-refractivity contribution >= 4 is 5.91 Å². The van der Waals surface area contributed by atoms with Gasteiger partial charge in [-0.2, -0.15) is 0 Å². The molecule has 1 aromatic rings. The summed E-state index contributed by atoms with van der Waals surface area (Å²) in [6.45, 7) is 2.43. The van der Waals surface area contributed by atoms with Crippen molar-refractivity contribution in [1.82, 2.24) is 15.5 Å². The van der Waals surface area contributed by atoms with Crippen molar-refractivity contribution < 1.29 is 14.3 Å². The molecule has 1 amide bonds. The summed E-state index contributed by atoms with van der Waals surface area (Å²) in [5.41, 5.74) is 1.03. The fourth-order valence-corrected chi connectivity index (χ4v) is 2.39. The largest absolute Gasteiger partial charge is 0.392 e. The standard InChI is InChI=1S/C15H22FN3O2/c1-19(10-11-2-4-12(16)5-3-11)7-6-17-15(21)14-8-13(20)9-18-14/h2-5,13-14,18,20H,6-10H2,1H3,(H,17,21). The Hall–Kier alpha value is -1.50.